The Morgan fingerprint density at radius 3 is 1.03 bits per heavy atom. The van der Waals surface area contributed by atoms with E-state index in [1.54, 1.807) is 0 Å². The standard InChI is InChI=1S/C24H50O10/c1-2-3-4-5-6-7-8-9-10-11-12-13-14-15-16-17-18-19-20(25)21(26,27)22(28,29)23(30,31)24(32,33)34/h20,25-34H,2-19H2,1H3. The van der Waals surface area contributed by atoms with E-state index in [9.17, 15) is 35.7 Å². The number of aliphatic hydroxyl groups excluding tert-OH is 1. The first-order valence-corrected chi connectivity index (χ1v) is 12.9. The summed E-state index contributed by atoms with van der Waals surface area (Å²) in [5.41, 5.74) is 0. The molecule has 0 saturated heterocycles. The van der Waals surface area contributed by atoms with Crippen molar-refractivity contribution in [3.05, 3.63) is 0 Å². The number of unbranched alkanes of at least 4 members (excludes halogenated alkanes) is 16. The lowest BCUT2D eigenvalue weighted by molar-refractivity contribution is -0.549. The zero-order valence-corrected chi connectivity index (χ0v) is 20.8. The fraction of sp³-hybridized carbons (Fsp3) is 1.00. The van der Waals surface area contributed by atoms with Gasteiger partial charge < -0.3 is 51.1 Å². The van der Waals surface area contributed by atoms with Gasteiger partial charge in [0.25, 0.3) is 11.6 Å². The molecule has 34 heavy (non-hydrogen) atoms. The molecular formula is C24H50O10. The SMILES string of the molecule is CCCCCCCCCCCCCCCCCCCC(O)C(O)(O)C(O)(O)C(O)(O)C(O)(O)O. The molecule has 0 rings (SSSR count). The first kappa shape index (κ1) is 33.6. The van der Waals surface area contributed by atoms with Gasteiger partial charge in [0, 0.05) is 0 Å². The molecule has 0 bridgehead atoms. The van der Waals surface area contributed by atoms with Crippen LogP contribution < -0.4 is 0 Å². The summed E-state index contributed by atoms with van der Waals surface area (Å²) in [5.74, 6) is -17.6. The number of hydrogen-bond donors (Lipinski definition) is 10. The van der Waals surface area contributed by atoms with Gasteiger partial charge in [0.1, 0.15) is 6.10 Å². The zero-order valence-electron chi connectivity index (χ0n) is 20.8. The number of rotatable bonds is 22. The molecule has 1 unspecified atom stereocenters. The van der Waals surface area contributed by atoms with Gasteiger partial charge >= 0.3 is 11.8 Å². The Labute approximate surface area is 203 Å². The minimum Gasteiger partial charge on any atom is -0.387 e. The fourth-order valence-corrected chi connectivity index (χ4v) is 3.99. The van der Waals surface area contributed by atoms with E-state index in [0.717, 1.165) is 25.7 Å². The van der Waals surface area contributed by atoms with Gasteiger partial charge in [-0.3, -0.25) is 0 Å². The molecule has 0 fully saturated rings. The number of aliphatic hydroxyl groups is 10. The van der Waals surface area contributed by atoms with Crippen molar-refractivity contribution in [2.45, 2.75) is 152 Å². The van der Waals surface area contributed by atoms with E-state index in [0.29, 0.717) is 6.42 Å². The monoisotopic (exact) mass is 498 g/mol. The Bertz CT molecular complexity index is 502. The molecule has 0 aliphatic heterocycles. The third kappa shape index (κ3) is 11.1. The Kier molecular flexibility index (Phi) is 16.2. The van der Waals surface area contributed by atoms with E-state index in [1.165, 1.54) is 70.6 Å². The average Bonchev–Trinajstić information content (AvgIpc) is 2.74. The van der Waals surface area contributed by atoms with E-state index in [4.69, 9.17) is 15.3 Å². The summed E-state index contributed by atoms with van der Waals surface area (Å²) in [4.78, 5) is 0. The van der Waals surface area contributed by atoms with Crippen molar-refractivity contribution in [3.8, 4) is 0 Å². The Morgan fingerprint density at radius 2 is 0.735 bits per heavy atom. The third-order valence-corrected chi connectivity index (χ3v) is 6.51. The van der Waals surface area contributed by atoms with E-state index in [2.05, 4.69) is 6.92 Å². The van der Waals surface area contributed by atoms with Crippen LogP contribution in [-0.4, -0.2) is 80.5 Å². The van der Waals surface area contributed by atoms with Gasteiger partial charge in [0.05, 0.1) is 0 Å². The van der Waals surface area contributed by atoms with Gasteiger partial charge in [-0.1, -0.05) is 116 Å². The molecular weight excluding hydrogens is 448 g/mol. The maximum atomic E-state index is 9.88. The largest absolute Gasteiger partial charge is 0.387 e. The van der Waals surface area contributed by atoms with E-state index >= 15 is 0 Å². The second-order valence-corrected chi connectivity index (χ2v) is 9.67. The second kappa shape index (κ2) is 16.4. The van der Waals surface area contributed by atoms with Crippen LogP contribution in [0.25, 0.3) is 0 Å². The minimum absolute atomic E-state index is 0.269. The third-order valence-electron chi connectivity index (χ3n) is 6.51. The highest BCUT2D eigenvalue weighted by Crippen LogP contribution is 2.36. The lowest BCUT2D eigenvalue weighted by atomic mass is 9.88. The van der Waals surface area contributed by atoms with Gasteiger partial charge in [0.15, 0.2) is 0 Å². The van der Waals surface area contributed by atoms with Gasteiger partial charge in [-0.25, -0.2) is 0 Å². The van der Waals surface area contributed by atoms with E-state index in [-0.39, 0.29) is 12.8 Å². The van der Waals surface area contributed by atoms with Crippen LogP contribution in [0.15, 0.2) is 0 Å². The molecule has 0 amide bonds. The molecule has 0 aromatic heterocycles. The maximum absolute atomic E-state index is 9.88. The first-order valence-electron chi connectivity index (χ1n) is 12.9. The summed E-state index contributed by atoms with van der Waals surface area (Å²) in [6.45, 7) is 2.23. The van der Waals surface area contributed by atoms with E-state index in [1.807, 2.05) is 0 Å². The lowest BCUT2D eigenvalue weighted by Gasteiger charge is -2.46. The zero-order chi connectivity index (χ0) is 26.3. The second-order valence-electron chi connectivity index (χ2n) is 9.67. The smallest absolute Gasteiger partial charge is 0.338 e. The molecule has 0 heterocycles. The van der Waals surface area contributed by atoms with Crippen LogP contribution in [0.4, 0.5) is 0 Å². The molecule has 0 saturated carbocycles. The topological polar surface area (TPSA) is 202 Å². The summed E-state index contributed by atoms with van der Waals surface area (Å²) in [7, 11) is 0. The average molecular weight is 499 g/mol. The number of hydrogen-bond acceptors (Lipinski definition) is 10. The van der Waals surface area contributed by atoms with Crippen molar-refractivity contribution in [2.24, 2.45) is 0 Å². The molecule has 0 aromatic carbocycles. The van der Waals surface area contributed by atoms with Gasteiger partial charge in [-0.15, -0.1) is 0 Å². The van der Waals surface area contributed by atoms with Crippen LogP contribution in [0.3, 0.4) is 0 Å². The van der Waals surface area contributed by atoms with Crippen molar-refractivity contribution in [1.82, 2.24) is 0 Å². The van der Waals surface area contributed by atoms with Gasteiger partial charge in [-0.05, 0) is 6.42 Å². The summed E-state index contributed by atoms with van der Waals surface area (Å²) in [5, 5.41) is 94.0. The van der Waals surface area contributed by atoms with E-state index < -0.39 is 29.4 Å². The van der Waals surface area contributed by atoms with Crippen LogP contribution in [0.5, 0.6) is 0 Å². The van der Waals surface area contributed by atoms with Gasteiger partial charge in [-0.2, -0.15) is 0 Å². The predicted molar refractivity (Wildman–Crippen MR) is 126 cm³/mol. The summed E-state index contributed by atoms with van der Waals surface area (Å²) in [6, 6.07) is 0. The molecule has 0 aliphatic carbocycles. The van der Waals surface area contributed by atoms with Crippen LogP contribution in [0, 0.1) is 0 Å². The Balaban J connectivity index is 3.85. The Hall–Kier alpha value is -0.400. The molecule has 0 spiro atoms. The van der Waals surface area contributed by atoms with Crippen molar-refractivity contribution in [3.63, 3.8) is 0 Å². The maximum Gasteiger partial charge on any atom is 0.338 e. The van der Waals surface area contributed by atoms with Crippen LogP contribution in [-0.2, 0) is 0 Å². The highest BCUT2D eigenvalue weighted by atomic mass is 16.8. The molecule has 1 atom stereocenters. The van der Waals surface area contributed by atoms with Crippen molar-refractivity contribution < 1.29 is 51.1 Å². The fourth-order valence-electron chi connectivity index (χ4n) is 3.99. The van der Waals surface area contributed by atoms with Gasteiger partial charge in [0.2, 0.25) is 0 Å². The molecule has 0 radical (unpaired) electrons. The first-order chi connectivity index (χ1) is 15.7. The van der Waals surface area contributed by atoms with Crippen LogP contribution >= 0.6 is 0 Å². The van der Waals surface area contributed by atoms with Crippen LogP contribution in [0.1, 0.15) is 122 Å². The summed E-state index contributed by atoms with van der Waals surface area (Å²) < 4.78 is 0. The Morgan fingerprint density at radius 1 is 0.441 bits per heavy atom. The molecule has 206 valence electrons. The highest BCUT2D eigenvalue weighted by Gasteiger charge is 2.72. The predicted octanol–water partition coefficient (Wildman–Crippen LogP) is 1.06. The normalized spacial score (nSPS) is 14.6. The van der Waals surface area contributed by atoms with Crippen molar-refractivity contribution in [2.75, 3.05) is 0 Å². The highest BCUT2D eigenvalue weighted by molar-refractivity contribution is 5.00. The van der Waals surface area contributed by atoms with Crippen molar-refractivity contribution in [1.29, 1.82) is 0 Å². The molecule has 0 aliphatic rings. The molecule has 10 nitrogen and oxygen atoms in total. The summed E-state index contributed by atoms with van der Waals surface area (Å²) >= 11 is 0. The van der Waals surface area contributed by atoms with Crippen molar-refractivity contribution >= 4 is 0 Å². The summed E-state index contributed by atoms with van der Waals surface area (Å²) in [6.07, 6.45) is 16.7. The van der Waals surface area contributed by atoms with Crippen LogP contribution in [0.2, 0.25) is 0 Å². The molecule has 0 aromatic rings. The quantitative estimate of drug-likeness (QED) is 0.0759. The minimum atomic E-state index is -4.60. The lowest BCUT2D eigenvalue weighted by Crippen LogP contribution is -2.78. The molecule has 10 N–H and O–H groups in total. The molecule has 10 heteroatoms.